The SMILES string of the molecule is Cc1cc(C)cc(OCC(=O)N[C@@H](C)c2ccc3c(c2)OCCO3)c1. The molecule has 132 valence electrons. The number of aryl methyl sites for hydroxylation is 2. The normalized spacial score (nSPS) is 13.9. The summed E-state index contributed by atoms with van der Waals surface area (Å²) in [4.78, 5) is 12.2. The van der Waals surface area contributed by atoms with Gasteiger partial charge in [0, 0.05) is 0 Å². The first-order valence-electron chi connectivity index (χ1n) is 8.41. The number of benzene rings is 2. The Kier molecular flexibility index (Phi) is 5.12. The Balaban J connectivity index is 1.57. The van der Waals surface area contributed by atoms with Crippen molar-refractivity contribution in [3.8, 4) is 17.2 Å². The minimum Gasteiger partial charge on any atom is -0.486 e. The van der Waals surface area contributed by atoms with E-state index < -0.39 is 0 Å². The fourth-order valence-electron chi connectivity index (χ4n) is 2.86. The van der Waals surface area contributed by atoms with Crippen LogP contribution in [0.1, 0.15) is 29.7 Å². The van der Waals surface area contributed by atoms with Crippen molar-refractivity contribution in [2.45, 2.75) is 26.8 Å². The molecular formula is C20H23NO4. The van der Waals surface area contributed by atoms with Gasteiger partial charge in [0.05, 0.1) is 6.04 Å². The molecule has 1 amide bonds. The lowest BCUT2D eigenvalue weighted by molar-refractivity contribution is -0.123. The Morgan fingerprint density at radius 3 is 2.48 bits per heavy atom. The maximum atomic E-state index is 12.2. The van der Waals surface area contributed by atoms with Crippen LogP contribution >= 0.6 is 0 Å². The van der Waals surface area contributed by atoms with Gasteiger partial charge in [0.15, 0.2) is 18.1 Å². The Morgan fingerprint density at radius 2 is 1.76 bits per heavy atom. The van der Waals surface area contributed by atoms with Gasteiger partial charge in [0.1, 0.15) is 19.0 Å². The molecule has 2 aromatic rings. The molecule has 2 aromatic carbocycles. The zero-order chi connectivity index (χ0) is 17.8. The molecule has 5 nitrogen and oxygen atoms in total. The fraction of sp³-hybridized carbons (Fsp3) is 0.350. The number of carbonyl (C=O) groups is 1. The molecule has 0 bridgehead atoms. The lowest BCUT2D eigenvalue weighted by atomic mass is 10.1. The number of nitrogens with one attached hydrogen (secondary N) is 1. The second kappa shape index (κ2) is 7.47. The Labute approximate surface area is 147 Å². The summed E-state index contributed by atoms with van der Waals surface area (Å²) in [6.45, 7) is 7.03. The van der Waals surface area contributed by atoms with Crippen LogP contribution in [0.4, 0.5) is 0 Å². The average molecular weight is 341 g/mol. The van der Waals surface area contributed by atoms with Crippen molar-refractivity contribution in [3.05, 3.63) is 53.1 Å². The minimum absolute atomic E-state index is 0.0161. The molecule has 0 fully saturated rings. The highest BCUT2D eigenvalue weighted by Crippen LogP contribution is 2.32. The van der Waals surface area contributed by atoms with E-state index in [1.54, 1.807) is 0 Å². The minimum atomic E-state index is -0.165. The lowest BCUT2D eigenvalue weighted by Crippen LogP contribution is -2.31. The van der Waals surface area contributed by atoms with E-state index in [2.05, 4.69) is 11.4 Å². The number of fused-ring (bicyclic) bond motifs is 1. The van der Waals surface area contributed by atoms with Crippen LogP contribution in [0, 0.1) is 13.8 Å². The van der Waals surface area contributed by atoms with E-state index in [4.69, 9.17) is 14.2 Å². The summed E-state index contributed by atoms with van der Waals surface area (Å²) < 4.78 is 16.7. The molecule has 0 saturated carbocycles. The summed E-state index contributed by atoms with van der Waals surface area (Å²) in [6.07, 6.45) is 0. The fourth-order valence-corrected chi connectivity index (χ4v) is 2.86. The molecule has 0 unspecified atom stereocenters. The van der Waals surface area contributed by atoms with Crippen LogP contribution in [-0.4, -0.2) is 25.7 Å². The number of carbonyl (C=O) groups excluding carboxylic acids is 1. The Bertz CT molecular complexity index is 752. The third-order valence-corrected chi connectivity index (χ3v) is 4.01. The van der Waals surface area contributed by atoms with E-state index in [-0.39, 0.29) is 18.6 Å². The molecule has 1 N–H and O–H groups in total. The van der Waals surface area contributed by atoms with Gasteiger partial charge in [0.25, 0.3) is 5.91 Å². The van der Waals surface area contributed by atoms with Gasteiger partial charge in [-0.1, -0.05) is 12.1 Å². The molecule has 0 saturated heterocycles. The summed E-state index contributed by atoms with van der Waals surface area (Å²) in [5, 5.41) is 2.94. The molecule has 1 aliphatic heterocycles. The van der Waals surface area contributed by atoms with Gasteiger partial charge in [-0.3, -0.25) is 4.79 Å². The van der Waals surface area contributed by atoms with Crippen LogP contribution in [0.25, 0.3) is 0 Å². The molecule has 0 radical (unpaired) electrons. The van der Waals surface area contributed by atoms with Gasteiger partial charge in [-0.2, -0.15) is 0 Å². The van der Waals surface area contributed by atoms with Gasteiger partial charge < -0.3 is 19.5 Å². The molecule has 0 spiro atoms. The molecule has 1 aliphatic rings. The number of ether oxygens (including phenoxy) is 3. The van der Waals surface area contributed by atoms with Crippen LogP contribution in [0.15, 0.2) is 36.4 Å². The van der Waals surface area contributed by atoms with Crippen LogP contribution < -0.4 is 19.5 Å². The van der Waals surface area contributed by atoms with Gasteiger partial charge in [0.2, 0.25) is 0 Å². The van der Waals surface area contributed by atoms with Crippen LogP contribution in [0.2, 0.25) is 0 Å². The predicted molar refractivity (Wildman–Crippen MR) is 95.4 cm³/mol. The molecule has 0 aromatic heterocycles. The number of hydrogen-bond acceptors (Lipinski definition) is 4. The topological polar surface area (TPSA) is 56.8 Å². The Morgan fingerprint density at radius 1 is 1.08 bits per heavy atom. The highest BCUT2D eigenvalue weighted by Gasteiger charge is 2.16. The maximum absolute atomic E-state index is 12.2. The van der Waals surface area contributed by atoms with Crippen molar-refractivity contribution < 1.29 is 19.0 Å². The van der Waals surface area contributed by atoms with Gasteiger partial charge in [-0.25, -0.2) is 0 Å². The summed E-state index contributed by atoms with van der Waals surface area (Å²) >= 11 is 0. The van der Waals surface area contributed by atoms with E-state index in [1.807, 2.05) is 51.1 Å². The zero-order valence-corrected chi connectivity index (χ0v) is 14.8. The van der Waals surface area contributed by atoms with Crippen molar-refractivity contribution in [3.63, 3.8) is 0 Å². The molecular weight excluding hydrogens is 318 g/mol. The van der Waals surface area contributed by atoms with Crippen molar-refractivity contribution in [2.24, 2.45) is 0 Å². The third-order valence-electron chi connectivity index (χ3n) is 4.01. The van der Waals surface area contributed by atoms with Gasteiger partial charge >= 0.3 is 0 Å². The summed E-state index contributed by atoms with van der Waals surface area (Å²) in [5.41, 5.74) is 3.18. The largest absolute Gasteiger partial charge is 0.486 e. The molecule has 1 atom stereocenters. The molecule has 0 aliphatic carbocycles. The number of amides is 1. The second-order valence-electron chi connectivity index (χ2n) is 6.30. The standard InChI is InChI=1S/C20H23NO4/c1-13-8-14(2)10-17(9-13)25-12-20(22)21-15(3)16-4-5-18-19(11-16)24-7-6-23-18/h4-5,8-11,15H,6-7,12H2,1-3H3,(H,21,22)/t15-/m0/s1. The lowest BCUT2D eigenvalue weighted by Gasteiger charge is -2.21. The van der Waals surface area contributed by atoms with E-state index in [0.717, 1.165) is 28.2 Å². The molecule has 25 heavy (non-hydrogen) atoms. The van der Waals surface area contributed by atoms with Crippen molar-refractivity contribution in [1.82, 2.24) is 5.32 Å². The van der Waals surface area contributed by atoms with Crippen molar-refractivity contribution >= 4 is 5.91 Å². The highest BCUT2D eigenvalue weighted by atomic mass is 16.6. The molecule has 5 heteroatoms. The van der Waals surface area contributed by atoms with Crippen molar-refractivity contribution in [2.75, 3.05) is 19.8 Å². The summed E-state index contributed by atoms with van der Waals surface area (Å²) in [7, 11) is 0. The summed E-state index contributed by atoms with van der Waals surface area (Å²) in [6, 6.07) is 11.5. The molecule has 1 heterocycles. The zero-order valence-electron chi connectivity index (χ0n) is 14.8. The number of rotatable bonds is 5. The highest BCUT2D eigenvalue weighted by molar-refractivity contribution is 5.78. The Hall–Kier alpha value is -2.69. The first kappa shape index (κ1) is 17.1. The van der Waals surface area contributed by atoms with E-state index in [9.17, 15) is 4.79 Å². The van der Waals surface area contributed by atoms with Crippen LogP contribution in [0.5, 0.6) is 17.2 Å². The average Bonchev–Trinajstić information content (AvgIpc) is 2.58. The maximum Gasteiger partial charge on any atom is 0.258 e. The first-order chi connectivity index (χ1) is 12.0. The predicted octanol–water partition coefficient (Wildman–Crippen LogP) is 3.33. The second-order valence-corrected chi connectivity index (χ2v) is 6.30. The third kappa shape index (κ3) is 4.44. The number of hydrogen-bond donors (Lipinski definition) is 1. The van der Waals surface area contributed by atoms with E-state index in [0.29, 0.717) is 19.0 Å². The van der Waals surface area contributed by atoms with E-state index in [1.165, 1.54) is 0 Å². The molecule has 3 rings (SSSR count). The van der Waals surface area contributed by atoms with Gasteiger partial charge in [-0.15, -0.1) is 0 Å². The van der Waals surface area contributed by atoms with E-state index >= 15 is 0 Å². The van der Waals surface area contributed by atoms with Gasteiger partial charge in [-0.05, 0) is 61.7 Å². The van der Waals surface area contributed by atoms with Crippen LogP contribution in [0.3, 0.4) is 0 Å². The van der Waals surface area contributed by atoms with Crippen molar-refractivity contribution in [1.29, 1.82) is 0 Å². The summed E-state index contributed by atoms with van der Waals surface area (Å²) in [5.74, 6) is 2.00. The van der Waals surface area contributed by atoms with Crippen LogP contribution in [-0.2, 0) is 4.79 Å². The monoisotopic (exact) mass is 341 g/mol. The first-order valence-corrected chi connectivity index (χ1v) is 8.41. The quantitative estimate of drug-likeness (QED) is 0.906. The smallest absolute Gasteiger partial charge is 0.258 e.